The minimum absolute atomic E-state index is 0.177. The highest BCUT2D eigenvalue weighted by Gasteiger charge is 2.17. The Balaban J connectivity index is 3.08. The predicted molar refractivity (Wildman–Crippen MR) is 57.1 cm³/mol. The second-order valence-corrected chi connectivity index (χ2v) is 3.48. The van der Waals surface area contributed by atoms with Crippen LogP contribution in [0.3, 0.4) is 0 Å². The first kappa shape index (κ1) is 13.3. The van der Waals surface area contributed by atoms with Gasteiger partial charge in [-0.1, -0.05) is 0 Å². The highest BCUT2D eigenvalue weighted by atomic mass is 19.3. The molecule has 0 aliphatic heterocycles. The Kier molecular flexibility index (Phi) is 4.37. The number of ether oxygens (including phenoxy) is 1. The third-order valence-electron chi connectivity index (χ3n) is 2.31. The SMILES string of the molecule is CCOC(=O)Cc1cc(=O)[nH]c(C(F)F)c1C. The van der Waals surface area contributed by atoms with Crippen LogP contribution >= 0.6 is 0 Å². The van der Waals surface area contributed by atoms with Gasteiger partial charge >= 0.3 is 5.97 Å². The first-order valence-corrected chi connectivity index (χ1v) is 5.12. The minimum Gasteiger partial charge on any atom is -0.466 e. The van der Waals surface area contributed by atoms with Crippen molar-refractivity contribution >= 4 is 5.97 Å². The van der Waals surface area contributed by atoms with E-state index in [1.165, 1.54) is 6.92 Å². The summed E-state index contributed by atoms with van der Waals surface area (Å²) >= 11 is 0. The molecule has 0 saturated carbocycles. The van der Waals surface area contributed by atoms with Crippen molar-refractivity contribution in [3.8, 4) is 0 Å². The number of aromatic amines is 1. The van der Waals surface area contributed by atoms with Crippen LogP contribution in [0.25, 0.3) is 0 Å². The van der Waals surface area contributed by atoms with Crippen LogP contribution in [0.2, 0.25) is 0 Å². The van der Waals surface area contributed by atoms with Crippen LogP contribution in [-0.2, 0) is 16.0 Å². The van der Waals surface area contributed by atoms with Gasteiger partial charge in [0.25, 0.3) is 6.43 Å². The molecule has 0 spiro atoms. The van der Waals surface area contributed by atoms with Crippen LogP contribution in [0, 0.1) is 6.92 Å². The van der Waals surface area contributed by atoms with E-state index in [0.717, 1.165) is 6.07 Å². The molecule has 0 unspecified atom stereocenters. The zero-order chi connectivity index (χ0) is 13.0. The van der Waals surface area contributed by atoms with Gasteiger partial charge in [0, 0.05) is 6.07 Å². The van der Waals surface area contributed by atoms with Crippen LogP contribution in [0.4, 0.5) is 8.78 Å². The molecule has 0 radical (unpaired) electrons. The fraction of sp³-hybridized carbons (Fsp3) is 0.455. The lowest BCUT2D eigenvalue weighted by Crippen LogP contribution is -2.16. The van der Waals surface area contributed by atoms with Crippen molar-refractivity contribution in [2.45, 2.75) is 26.7 Å². The molecular weight excluding hydrogens is 232 g/mol. The monoisotopic (exact) mass is 245 g/mol. The molecule has 0 amide bonds. The number of rotatable bonds is 4. The van der Waals surface area contributed by atoms with E-state index in [0.29, 0.717) is 0 Å². The Morgan fingerprint density at radius 3 is 2.71 bits per heavy atom. The first-order chi connectivity index (χ1) is 7.95. The molecule has 17 heavy (non-hydrogen) atoms. The molecular formula is C11H13F2NO3. The molecule has 0 aliphatic rings. The van der Waals surface area contributed by atoms with Gasteiger partial charge < -0.3 is 9.72 Å². The number of halogens is 2. The van der Waals surface area contributed by atoms with Gasteiger partial charge in [0.15, 0.2) is 0 Å². The van der Waals surface area contributed by atoms with Crippen molar-refractivity contribution in [2.75, 3.05) is 6.61 Å². The van der Waals surface area contributed by atoms with Crippen LogP contribution in [0.1, 0.15) is 30.2 Å². The van der Waals surface area contributed by atoms with E-state index in [1.807, 2.05) is 0 Å². The molecule has 1 aromatic heterocycles. The van der Waals surface area contributed by atoms with Crippen LogP contribution < -0.4 is 5.56 Å². The second-order valence-electron chi connectivity index (χ2n) is 3.48. The van der Waals surface area contributed by atoms with Crippen LogP contribution in [0.5, 0.6) is 0 Å². The molecule has 1 aromatic rings. The van der Waals surface area contributed by atoms with Gasteiger partial charge in [-0.15, -0.1) is 0 Å². The summed E-state index contributed by atoms with van der Waals surface area (Å²) in [5.74, 6) is -0.540. The Hall–Kier alpha value is -1.72. The van der Waals surface area contributed by atoms with E-state index in [9.17, 15) is 18.4 Å². The highest BCUT2D eigenvalue weighted by molar-refractivity contribution is 5.73. The summed E-state index contributed by atoms with van der Waals surface area (Å²) in [7, 11) is 0. The molecule has 6 heteroatoms. The van der Waals surface area contributed by atoms with Gasteiger partial charge in [-0.25, -0.2) is 8.78 Å². The number of pyridine rings is 1. The standard InChI is InChI=1S/C11H13F2NO3/c1-3-17-9(16)5-7-4-8(15)14-10(6(7)2)11(12)13/h4,11H,3,5H2,1-2H3,(H,14,15). The average Bonchev–Trinajstić information content (AvgIpc) is 2.22. The van der Waals surface area contributed by atoms with E-state index < -0.39 is 23.6 Å². The Morgan fingerprint density at radius 2 is 2.18 bits per heavy atom. The van der Waals surface area contributed by atoms with Crippen molar-refractivity contribution < 1.29 is 18.3 Å². The number of H-pyrrole nitrogens is 1. The smallest absolute Gasteiger partial charge is 0.310 e. The Bertz CT molecular complexity index is 468. The van der Waals surface area contributed by atoms with Crippen molar-refractivity contribution in [1.82, 2.24) is 4.98 Å². The summed E-state index contributed by atoms with van der Waals surface area (Å²) in [6.45, 7) is 3.29. The number of carbonyl (C=O) groups excluding carboxylic acids is 1. The third kappa shape index (κ3) is 3.37. The highest BCUT2D eigenvalue weighted by Crippen LogP contribution is 2.21. The lowest BCUT2D eigenvalue weighted by Gasteiger charge is -2.09. The molecule has 94 valence electrons. The number of nitrogens with one attached hydrogen (secondary N) is 1. The zero-order valence-electron chi connectivity index (χ0n) is 9.55. The molecule has 4 nitrogen and oxygen atoms in total. The molecule has 0 bridgehead atoms. The van der Waals surface area contributed by atoms with Crippen LogP contribution in [0.15, 0.2) is 10.9 Å². The van der Waals surface area contributed by atoms with E-state index >= 15 is 0 Å². The van der Waals surface area contributed by atoms with E-state index in [2.05, 4.69) is 4.98 Å². The van der Waals surface area contributed by atoms with Crippen molar-refractivity contribution in [2.24, 2.45) is 0 Å². The van der Waals surface area contributed by atoms with Crippen molar-refractivity contribution in [1.29, 1.82) is 0 Å². The number of carbonyl (C=O) groups is 1. The van der Waals surface area contributed by atoms with Gasteiger partial charge in [-0.3, -0.25) is 9.59 Å². The fourth-order valence-electron chi connectivity index (χ4n) is 1.47. The quantitative estimate of drug-likeness (QED) is 0.822. The topological polar surface area (TPSA) is 59.2 Å². The van der Waals surface area contributed by atoms with Gasteiger partial charge in [0.05, 0.1) is 18.7 Å². The second kappa shape index (κ2) is 5.56. The van der Waals surface area contributed by atoms with E-state index in [1.54, 1.807) is 6.92 Å². The molecule has 1 rings (SSSR count). The molecule has 0 aromatic carbocycles. The van der Waals surface area contributed by atoms with E-state index in [-0.39, 0.29) is 24.2 Å². The summed E-state index contributed by atoms with van der Waals surface area (Å²) in [5.41, 5.74) is -0.614. The van der Waals surface area contributed by atoms with E-state index in [4.69, 9.17) is 4.74 Å². The minimum atomic E-state index is -2.77. The number of hydrogen-bond acceptors (Lipinski definition) is 3. The van der Waals surface area contributed by atoms with Crippen molar-refractivity contribution in [3.05, 3.63) is 33.2 Å². The van der Waals surface area contributed by atoms with Gasteiger partial charge in [0.2, 0.25) is 5.56 Å². The lowest BCUT2D eigenvalue weighted by molar-refractivity contribution is -0.142. The number of alkyl halides is 2. The molecule has 1 N–H and O–H groups in total. The summed E-state index contributed by atoms with van der Waals surface area (Å²) in [4.78, 5) is 24.5. The first-order valence-electron chi connectivity index (χ1n) is 5.12. The number of esters is 1. The molecule has 0 aliphatic carbocycles. The normalized spacial score (nSPS) is 10.6. The van der Waals surface area contributed by atoms with Gasteiger partial charge in [-0.2, -0.15) is 0 Å². The third-order valence-corrected chi connectivity index (χ3v) is 2.31. The summed E-state index contributed by atoms with van der Waals surface area (Å²) in [5, 5.41) is 0. The zero-order valence-corrected chi connectivity index (χ0v) is 9.55. The molecule has 0 fully saturated rings. The summed E-state index contributed by atoms with van der Waals surface area (Å²) in [6.07, 6.45) is -2.95. The summed E-state index contributed by atoms with van der Waals surface area (Å²) < 4.78 is 29.9. The van der Waals surface area contributed by atoms with Crippen molar-refractivity contribution in [3.63, 3.8) is 0 Å². The number of aromatic nitrogens is 1. The maximum Gasteiger partial charge on any atom is 0.310 e. The molecule has 0 saturated heterocycles. The Morgan fingerprint density at radius 1 is 1.53 bits per heavy atom. The number of hydrogen-bond donors (Lipinski definition) is 1. The summed E-state index contributed by atoms with van der Waals surface area (Å²) in [6, 6.07) is 1.14. The largest absolute Gasteiger partial charge is 0.466 e. The maximum absolute atomic E-state index is 12.6. The lowest BCUT2D eigenvalue weighted by atomic mass is 10.1. The van der Waals surface area contributed by atoms with Gasteiger partial charge in [-0.05, 0) is 25.0 Å². The Labute approximate surface area is 96.6 Å². The molecule has 1 heterocycles. The van der Waals surface area contributed by atoms with Gasteiger partial charge in [0.1, 0.15) is 0 Å². The average molecular weight is 245 g/mol. The van der Waals surface area contributed by atoms with Crippen LogP contribution in [-0.4, -0.2) is 17.6 Å². The maximum atomic E-state index is 12.6. The molecule has 0 atom stereocenters. The predicted octanol–water partition coefficient (Wildman–Crippen LogP) is 1.73. The fourth-order valence-corrected chi connectivity index (χ4v) is 1.47.